The fourth-order valence-electron chi connectivity index (χ4n) is 2.48. The molecule has 3 rings (SSSR count). The zero-order valence-corrected chi connectivity index (χ0v) is 13.3. The quantitative estimate of drug-likeness (QED) is 0.792. The van der Waals surface area contributed by atoms with Crippen LogP contribution in [-0.2, 0) is 7.05 Å². The van der Waals surface area contributed by atoms with E-state index in [2.05, 4.69) is 10.4 Å². The zero-order chi connectivity index (χ0) is 16.6. The molecule has 0 saturated heterocycles. The monoisotopic (exact) mass is 307 g/mol. The van der Waals surface area contributed by atoms with Crippen LogP contribution in [0.3, 0.4) is 0 Å². The molecule has 5 heteroatoms. The van der Waals surface area contributed by atoms with Gasteiger partial charge >= 0.3 is 0 Å². The number of aryl methyl sites for hydroxylation is 3. The molecule has 0 aliphatic carbocycles. The number of hydrogen-bond donors (Lipinski definition) is 1. The topological polar surface area (TPSA) is 64.0 Å². The summed E-state index contributed by atoms with van der Waals surface area (Å²) in [5, 5.41) is 8.01. The van der Waals surface area contributed by atoms with E-state index in [-0.39, 0.29) is 17.2 Å². The normalized spacial score (nSPS) is 10.7. The number of anilines is 1. The molecule has 0 aliphatic rings. The Kier molecular flexibility index (Phi) is 3.70. The largest absolute Gasteiger partial charge is 0.321 e. The van der Waals surface area contributed by atoms with Gasteiger partial charge in [-0.05, 0) is 43.2 Å². The number of hydrogen-bond acceptors (Lipinski definition) is 3. The van der Waals surface area contributed by atoms with Gasteiger partial charge in [0.05, 0.1) is 5.39 Å². The van der Waals surface area contributed by atoms with E-state index >= 15 is 0 Å². The molecular formula is C18H17N3O2. The van der Waals surface area contributed by atoms with Crippen molar-refractivity contribution < 1.29 is 4.79 Å². The average molecular weight is 307 g/mol. The van der Waals surface area contributed by atoms with Gasteiger partial charge in [0.15, 0.2) is 5.69 Å². The van der Waals surface area contributed by atoms with Crippen LogP contribution in [0.5, 0.6) is 0 Å². The maximum absolute atomic E-state index is 12.6. The second-order valence-corrected chi connectivity index (χ2v) is 5.58. The van der Waals surface area contributed by atoms with E-state index in [9.17, 15) is 9.59 Å². The molecule has 0 bridgehead atoms. The second kappa shape index (κ2) is 5.68. The molecule has 0 atom stereocenters. The van der Waals surface area contributed by atoms with Gasteiger partial charge in [-0.15, -0.1) is 0 Å². The second-order valence-electron chi connectivity index (χ2n) is 5.58. The van der Waals surface area contributed by atoms with E-state index in [1.54, 1.807) is 31.3 Å². The van der Waals surface area contributed by atoms with E-state index in [0.29, 0.717) is 16.5 Å². The molecule has 0 fully saturated rings. The first-order valence-electron chi connectivity index (χ1n) is 7.32. The Hall–Kier alpha value is -2.95. The number of carbonyl (C=O) groups excluding carboxylic acids is 1. The van der Waals surface area contributed by atoms with Crippen molar-refractivity contribution in [2.75, 3.05) is 5.32 Å². The van der Waals surface area contributed by atoms with Crippen LogP contribution in [0, 0.1) is 13.8 Å². The standard InChI is InChI=1S/C18H17N3O2/c1-11-8-9-13(10-12(11)2)19-17(22)16-14-6-4-5-7-15(14)18(23)21(3)20-16/h4-10H,1-3H3,(H,19,22). The Balaban J connectivity index is 2.06. The number of aromatic nitrogens is 2. The predicted molar refractivity (Wildman–Crippen MR) is 90.9 cm³/mol. The number of nitrogens with one attached hydrogen (secondary N) is 1. The number of amides is 1. The Morgan fingerprint density at radius 2 is 1.74 bits per heavy atom. The van der Waals surface area contributed by atoms with E-state index in [0.717, 1.165) is 11.1 Å². The summed E-state index contributed by atoms with van der Waals surface area (Å²) < 4.78 is 1.19. The number of benzene rings is 2. The lowest BCUT2D eigenvalue weighted by Crippen LogP contribution is -2.25. The molecule has 0 unspecified atom stereocenters. The lowest BCUT2D eigenvalue weighted by Gasteiger charge is -2.10. The molecule has 5 nitrogen and oxygen atoms in total. The summed E-state index contributed by atoms with van der Waals surface area (Å²) in [5.74, 6) is -0.333. The molecule has 1 heterocycles. The van der Waals surface area contributed by atoms with Crippen molar-refractivity contribution >= 4 is 22.4 Å². The maximum atomic E-state index is 12.6. The Morgan fingerprint density at radius 3 is 2.43 bits per heavy atom. The summed E-state index contributed by atoms with van der Waals surface area (Å²) in [5.41, 5.74) is 2.98. The highest BCUT2D eigenvalue weighted by molar-refractivity contribution is 6.11. The van der Waals surface area contributed by atoms with Crippen LogP contribution in [0.25, 0.3) is 10.8 Å². The van der Waals surface area contributed by atoms with Crippen molar-refractivity contribution in [3.05, 3.63) is 69.6 Å². The first-order valence-corrected chi connectivity index (χ1v) is 7.32. The molecule has 1 amide bonds. The van der Waals surface area contributed by atoms with Gasteiger partial charge in [0.25, 0.3) is 11.5 Å². The summed E-state index contributed by atoms with van der Waals surface area (Å²) in [6.45, 7) is 4.01. The third-order valence-corrected chi connectivity index (χ3v) is 3.94. The summed E-state index contributed by atoms with van der Waals surface area (Å²) in [4.78, 5) is 24.7. The molecule has 3 aromatic rings. The highest BCUT2D eigenvalue weighted by Crippen LogP contribution is 2.17. The van der Waals surface area contributed by atoms with Gasteiger partial charge in [-0.25, -0.2) is 4.68 Å². The van der Waals surface area contributed by atoms with Crippen LogP contribution in [0.4, 0.5) is 5.69 Å². The Labute approximate surface area is 133 Å². The Morgan fingerprint density at radius 1 is 1.04 bits per heavy atom. The first-order chi connectivity index (χ1) is 11.0. The van der Waals surface area contributed by atoms with Gasteiger partial charge in [0.2, 0.25) is 0 Å². The van der Waals surface area contributed by atoms with Crippen molar-refractivity contribution in [3.8, 4) is 0 Å². The Bertz CT molecular complexity index is 974. The van der Waals surface area contributed by atoms with Crippen LogP contribution in [0.2, 0.25) is 0 Å². The van der Waals surface area contributed by atoms with Crippen molar-refractivity contribution in [1.29, 1.82) is 0 Å². The molecule has 0 spiro atoms. The zero-order valence-electron chi connectivity index (χ0n) is 13.3. The molecule has 23 heavy (non-hydrogen) atoms. The lowest BCUT2D eigenvalue weighted by atomic mass is 10.1. The van der Waals surface area contributed by atoms with Crippen molar-refractivity contribution in [2.45, 2.75) is 13.8 Å². The van der Waals surface area contributed by atoms with E-state index < -0.39 is 0 Å². The smallest absolute Gasteiger partial charge is 0.276 e. The summed E-state index contributed by atoms with van der Waals surface area (Å²) in [7, 11) is 1.54. The first kappa shape index (κ1) is 15.0. The van der Waals surface area contributed by atoms with Crippen molar-refractivity contribution in [2.24, 2.45) is 7.05 Å². The molecule has 2 aromatic carbocycles. The molecule has 1 aromatic heterocycles. The van der Waals surface area contributed by atoms with Crippen LogP contribution in [0.1, 0.15) is 21.6 Å². The summed E-state index contributed by atoms with van der Waals surface area (Å²) >= 11 is 0. The van der Waals surface area contributed by atoms with E-state index in [1.165, 1.54) is 4.68 Å². The van der Waals surface area contributed by atoms with E-state index in [1.807, 2.05) is 32.0 Å². The van der Waals surface area contributed by atoms with Crippen LogP contribution in [-0.4, -0.2) is 15.7 Å². The highest BCUT2D eigenvalue weighted by Gasteiger charge is 2.15. The van der Waals surface area contributed by atoms with E-state index in [4.69, 9.17) is 0 Å². The van der Waals surface area contributed by atoms with Gasteiger partial charge in [-0.1, -0.05) is 24.3 Å². The minimum absolute atomic E-state index is 0.219. The molecule has 1 N–H and O–H groups in total. The van der Waals surface area contributed by atoms with Gasteiger partial charge in [-0.2, -0.15) is 5.10 Å². The average Bonchev–Trinajstić information content (AvgIpc) is 2.54. The van der Waals surface area contributed by atoms with Gasteiger partial charge < -0.3 is 5.32 Å². The SMILES string of the molecule is Cc1ccc(NC(=O)c2nn(C)c(=O)c3ccccc23)cc1C. The minimum Gasteiger partial charge on any atom is -0.321 e. The molecule has 116 valence electrons. The van der Waals surface area contributed by atoms with Gasteiger partial charge in [-0.3, -0.25) is 9.59 Å². The number of rotatable bonds is 2. The third-order valence-electron chi connectivity index (χ3n) is 3.94. The molecular weight excluding hydrogens is 290 g/mol. The maximum Gasteiger partial charge on any atom is 0.276 e. The highest BCUT2D eigenvalue weighted by atomic mass is 16.2. The van der Waals surface area contributed by atoms with Crippen LogP contribution >= 0.6 is 0 Å². The van der Waals surface area contributed by atoms with Gasteiger partial charge in [0, 0.05) is 18.1 Å². The van der Waals surface area contributed by atoms with Crippen molar-refractivity contribution in [1.82, 2.24) is 9.78 Å². The van der Waals surface area contributed by atoms with Crippen molar-refractivity contribution in [3.63, 3.8) is 0 Å². The lowest BCUT2D eigenvalue weighted by molar-refractivity contribution is 0.102. The van der Waals surface area contributed by atoms with Gasteiger partial charge in [0.1, 0.15) is 0 Å². The van der Waals surface area contributed by atoms with Crippen LogP contribution < -0.4 is 10.9 Å². The summed E-state index contributed by atoms with van der Waals surface area (Å²) in [6.07, 6.45) is 0. The fourth-order valence-corrected chi connectivity index (χ4v) is 2.48. The fraction of sp³-hybridized carbons (Fsp3) is 0.167. The third kappa shape index (κ3) is 2.73. The predicted octanol–water partition coefficient (Wildman–Crippen LogP) is 2.80. The van der Waals surface area contributed by atoms with Crippen LogP contribution in [0.15, 0.2) is 47.3 Å². The molecule has 0 radical (unpaired) electrons. The number of carbonyl (C=O) groups is 1. The molecule has 0 saturated carbocycles. The minimum atomic E-state index is -0.333. The summed E-state index contributed by atoms with van der Waals surface area (Å²) in [6, 6.07) is 12.7. The molecule has 0 aliphatic heterocycles. The number of nitrogens with zero attached hydrogens (tertiary/aromatic N) is 2. The number of fused-ring (bicyclic) bond motifs is 1.